The van der Waals surface area contributed by atoms with Gasteiger partial charge in [0.2, 0.25) is 11.8 Å². The zero-order valence-electron chi connectivity index (χ0n) is 18.3. The van der Waals surface area contributed by atoms with Gasteiger partial charge in [-0.1, -0.05) is 48.5 Å². The molecular formula is C25H25FN4O3. The van der Waals surface area contributed by atoms with E-state index in [0.29, 0.717) is 10.9 Å². The van der Waals surface area contributed by atoms with E-state index in [9.17, 15) is 18.8 Å². The molecule has 4 atom stereocenters. The number of nitrogens with one attached hydrogen (secondary N) is 1. The summed E-state index contributed by atoms with van der Waals surface area (Å²) in [6.07, 6.45) is -0.433. The van der Waals surface area contributed by atoms with Gasteiger partial charge in [-0.05, 0) is 18.1 Å². The fraction of sp³-hybridized carbons (Fsp3) is 0.360. The average molecular weight is 448 g/mol. The number of nitrogens with zero attached hydrogens (tertiary/aromatic N) is 3. The van der Waals surface area contributed by atoms with Gasteiger partial charge in [-0.2, -0.15) is 5.10 Å². The van der Waals surface area contributed by atoms with Crippen LogP contribution in [0.4, 0.5) is 4.39 Å². The number of amides is 2. The first-order chi connectivity index (χ1) is 15.9. The van der Waals surface area contributed by atoms with Crippen LogP contribution >= 0.6 is 0 Å². The molecule has 33 heavy (non-hydrogen) atoms. The molecule has 1 N–H and O–H groups in total. The van der Waals surface area contributed by atoms with E-state index in [1.807, 2.05) is 30.3 Å². The van der Waals surface area contributed by atoms with E-state index in [2.05, 4.69) is 10.4 Å². The zero-order valence-corrected chi connectivity index (χ0v) is 18.3. The van der Waals surface area contributed by atoms with Gasteiger partial charge in [-0.15, -0.1) is 0 Å². The van der Waals surface area contributed by atoms with E-state index in [0.717, 1.165) is 12.0 Å². The molecule has 1 saturated carbocycles. The normalized spacial score (nSPS) is 24.1. The second kappa shape index (κ2) is 8.42. The lowest BCUT2D eigenvalue weighted by atomic mass is 10.1. The van der Waals surface area contributed by atoms with Crippen molar-refractivity contribution in [3.05, 3.63) is 65.9 Å². The van der Waals surface area contributed by atoms with Gasteiger partial charge in [0.25, 0.3) is 0 Å². The van der Waals surface area contributed by atoms with Crippen molar-refractivity contribution in [1.82, 2.24) is 20.0 Å². The molecular weight excluding hydrogens is 423 g/mol. The Balaban J connectivity index is 1.29. The summed E-state index contributed by atoms with van der Waals surface area (Å²) in [5.74, 6) is -0.657. The third kappa shape index (κ3) is 4.13. The maximum Gasteiger partial charge on any atom is 0.245 e. The molecule has 170 valence electrons. The number of aromatic nitrogens is 2. The lowest BCUT2D eigenvalue weighted by Crippen LogP contribution is -2.47. The molecule has 1 aromatic heterocycles. The molecule has 1 aliphatic carbocycles. The Bertz CT molecular complexity index is 1220. The number of halogens is 1. The van der Waals surface area contributed by atoms with E-state index in [-0.39, 0.29) is 48.9 Å². The lowest BCUT2D eigenvalue weighted by molar-refractivity contribution is -0.139. The molecule has 5 rings (SSSR count). The first-order valence-corrected chi connectivity index (χ1v) is 11.2. The molecule has 3 aromatic rings. The van der Waals surface area contributed by atoms with Gasteiger partial charge in [0.05, 0.1) is 12.1 Å². The molecule has 7 nitrogen and oxygen atoms in total. The predicted molar refractivity (Wildman–Crippen MR) is 120 cm³/mol. The van der Waals surface area contributed by atoms with Crippen LogP contribution in [-0.4, -0.2) is 57.1 Å². The Labute approximate surface area is 190 Å². The highest BCUT2D eigenvalue weighted by molar-refractivity contribution is 6.05. The first kappa shape index (κ1) is 21.3. The minimum atomic E-state index is -1.25. The number of ketones is 1. The Kier molecular flexibility index (Phi) is 5.44. The molecule has 1 saturated heterocycles. The molecule has 8 heteroatoms. The van der Waals surface area contributed by atoms with Crippen LogP contribution in [0.1, 0.15) is 41.7 Å². The predicted octanol–water partition coefficient (Wildman–Crippen LogP) is 2.85. The van der Waals surface area contributed by atoms with Crippen LogP contribution in [0.15, 0.2) is 54.6 Å². The van der Waals surface area contributed by atoms with Crippen molar-refractivity contribution >= 4 is 28.5 Å². The highest BCUT2D eigenvalue weighted by atomic mass is 19.1. The smallest absolute Gasteiger partial charge is 0.245 e. The average Bonchev–Trinajstić information content (AvgIpc) is 3.30. The fourth-order valence-electron chi connectivity index (χ4n) is 4.74. The van der Waals surface area contributed by atoms with E-state index in [1.165, 1.54) is 16.5 Å². The van der Waals surface area contributed by atoms with Crippen LogP contribution in [0.5, 0.6) is 0 Å². The number of para-hydroxylation sites is 1. The van der Waals surface area contributed by atoms with Crippen LogP contribution < -0.4 is 5.32 Å². The standard InChI is InChI=1S/C25H25FN4O3/c1-15(31)24-18-9-5-6-10-21(18)30(28-24)14-23(32)29-13-17(26)11-22(29)25(33)27-20-12-19(20)16-7-3-2-4-8-16/h2-10,17,19-20,22H,11-14H2,1H3,(H,27,33)/t17-,19-,20+,22+/m1/s1. The van der Waals surface area contributed by atoms with Crippen molar-refractivity contribution in [2.75, 3.05) is 6.54 Å². The Morgan fingerprint density at radius 1 is 1.06 bits per heavy atom. The monoisotopic (exact) mass is 448 g/mol. The van der Waals surface area contributed by atoms with E-state index in [4.69, 9.17) is 0 Å². The third-order valence-electron chi connectivity index (χ3n) is 6.50. The number of Topliss-reactive ketones (excluding diaryl/α,β-unsaturated/α-hetero) is 1. The summed E-state index contributed by atoms with van der Waals surface area (Å²) in [4.78, 5) is 39.3. The number of hydrogen-bond acceptors (Lipinski definition) is 4. The van der Waals surface area contributed by atoms with E-state index < -0.39 is 18.1 Å². The van der Waals surface area contributed by atoms with Gasteiger partial charge in [-0.25, -0.2) is 4.39 Å². The molecule has 0 radical (unpaired) electrons. The summed E-state index contributed by atoms with van der Waals surface area (Å²) in [6, 6.07) is 16.3. The summed E-state index contributed by atoms with van der Waals surface area (Å²) in [6.45, 7) is 1.14. The quantitative estimate of drug-likeness (QED) is 0.588. The van der Waals surface area contributed by atoms with Crippen LogP contribution in [0.2, 0.25) is 0 Å². The van der Waals surface area contributed by atoms with Gasteiger partial charge in [0.1, 0.15) is 24.5 Å². The molecule has 2 aromatic carbocycles. The molecule has 2 heterocycles. The summed E-state index contributed by atoms with van der Waals surface area (Å²) in [7, 11) is 0. The van der Waals surface area contributed by atoms with Crippen molar-refractivity contribution in [1.29, 1.82) is 0 Å². The number of alkyl halides is 1. The van der Waals surface area contributed by atoms with Crippen molar-refractivity contribution in [3.63, 3.8) is 0 Å². The second-order valence-corrected chi connectivity index (χ2v) is 8.84. The van der Waals surface area contributed by atoms with Crippen LogP contribution in [0.3, 0.4) is 0 Å². The SMILES string of the molecule is CC(=O)c1nn(CC(=O)N2C[C@H](F)C[C@H]2C(=O)N[C@H]2C[C@@H]2c2ccccc2)c2ccccc12. The van der Waals surface area contributed by atoms with E-state index >= 15 is 0 Å². The number of carbonyl (C=O) groups is 3. The van der Waals surface area contributed by atoms with Gasteiger partial charge < -0.3 is 10.2 Å². The third-order valence-corrected chi connectivity index (χ3v) is 6.50. The van der Waals surface area contributed by atoms with Crippen molar-refractivity contribution in [3.8, 4) is 0 Å². The number of rotatable bonds is 6. The van der Waals surface area contributed by atoms with Gasteiger partial charge >= 0.3 is 0 Å². The van der Waals surface area contributed by atoms with Crippen LogP contribution in [0.25, 0.3) is 10.9 Å². The number of benzene rings is 2. The highest BCUT2D eigenvalue weighted by Crippen LogP contribution is 2.41. The van der Waals surface area contributed by atoms with Crippen LogP contribution in [-0.2, 0) is 16.1 Å². The number of fused-ring (bicyclic) bond motifs is 1. The second-order valence-electron chi connectivity index (χ2n) is 8.84. The van der Waals surface area contributed by atoms with Crippen LogP contribution in [0, 0.1) is 0 Å². The van der Waals surface area contributed by atoms with Gasteiger partial charge in [0, 0.05) is 30.7 Å². The Morgan fingerprint density at radius 3 is 2.55 bits per heavy atom. The zero-order chi connectivity index (χ0) is 23.1. The summed E-state index contributed by atoms with van der Waals surface area (Å²) in [5.41, 5.74) is 2.10. The topological polar surface area (TPSA) is 84.3 Å². The molecule has 2 amide bonds. The van der Waals surface area contributed by atoms with Crippen molar-refractivity contribution < 1.29 is 18.8 Å². The van der Waals surface area contributed by atoms with Crippen molar-refractivity contribution in [2.45, 2.75) is 50.5 Å². The molecule has 0 spiro atoms. The Morgan fingerprint density at radius 2 is 1.79 bits per heavy atom. The maximum atomic E-state index is 14.3. The minimum absolute atomic E-state index is 0.00342. The molecule has 1 aliphatic heterocycles. The minimum Gasteiger partial charge on any atom is -0.351 e. The maximum absolute atomic E-state index is 14.3. The Hall–Kier alpha value is -3.55. The van der Waals surface area contributed by atoms with Gasteiger partial charge in [-0.3, -0.25) is 19.1 Å². The molecule has 0 bridgehead atoms. The summed E-state index contributed by atoms with van der Waals surface area (Å²) >= 11 is 0. The van der Waals surface area contributed by atoms with E-state index in [1.54, 1.807) is 24.3 Å². The largest absolute Gasteiger partial charge is 0.351 e. The number of hydrogen-bond donors (Lipinski definition) is 1. The fourth-order valence-corrected chi connectivity index (χ4v) is 4.74. The molecule has 2 aliphatic rings. The first-order valence-electron chi connectivity index (χ1n) is 11.2. The summed E-state index contributed by atoms with van der Waals surface area (Å²) in [5, 5.41) is 7.98. The number of likely N-dealkylation sites (tertiary alicyclic amines) is 1. The number of carbonyl (C=O) groups excluding carboxylic acids is 3. The highest BCUT2D eigenvalue weighted by Gasteiger charge is 2.44. The summed E-state index contributed by atoms with van der Waals surface area (Å²) < 4.78 is 15.8. The lowest BCUT2D eigenvalue weighted by Gasteiger charge is -2.24. The van der Waals surface area contributed by atoms with Crippen molar-refractivity contribution in [2.24, 2.45) is 0 Å². The van der Waals surface area contributed by atoms with Gasteiger partial charge in [0.15, 0.2) is 5.78 Å². The molecule has 2 fully saturated rings. The molecule has 0 unspecified atom stereocenters.